The molecule has 7 heteroatoms. The van der Waals surface area contributed by atoms with Crippen LogP contribution in [-0.2, 0) is 6.42 Å². The Morgan fingerprint density at radius 3 is 2.79 bits per heavy atom. The Hall–Kier alpha value is -2.57. The number of nitrogens with zero attached hydrogens (tertiary/aromatic N) is 2. The molecule has 1 amide bonds. The maximum atomic E-state index is 13.0. The zero-order valence-corrected chi connectivity index (χ0v) is 16.4. The minimum Gasteiger partial charge on any atom is -0.460 e. The predicted octanol–water partition coefficient (Wildman–Crippen LogP) is 3.88. The quantitative estimate of drug-likeness (QED) is 0.718. The summed E-state index contributed by atoms with van der Waals surface area (Å²) in [5.74, 6) is 1.56. The topological polar surface area (TPSA) is 79.7 Å². The summed E-state index contributed by atoms with van der Waals surface area (Å²) >= 11 is 6.24. The first kappa shape index (κ1) is 18.8. The van der Waals surface area contributed by atoms with Gasteiger partial charge in [-0.3, -0.25) is 4.79 Å². The number of hydrogen-bond acceptors (Lipinski definition) is 5. The average Bonchev–Trinajstić information content (AvgIpc) is 3.35. The van der Waals surface area contributed by atoms with Crippen molar-refractivity contribution in [2.24, 2.45) is 5.92 Å². The first-order valence-corrected chi connectivity index (χ1v) is 9.55. The van der Waals surface area contributed by atoms with E-state index >= 15 is 0 Å². The van der Waals surface area contributed by atoms with Crippen LogP contribution in [0.3, 0.4) is 0 Å². The van der Waals surface area contributed by atoms with Crippen molar-refractivity contribution in [3.63, 3.8) is 0 Å². The van der Waals surface area contributed by atoms with E-state index in [0.29, 0.717) is 35.1 Å². The van der Waals surface area contributed by atoms with Crippen LogP contribution in [0.4, 0.5) is 0 Å². The lowest BCUT2D eigenvalue weighted by atomic mass is 10.0. The molecule has 0 bridgehead atoms. The molecule has 2 aromatic heterocycles. The molecule has 28 heavy (non-hydrogen) atoms. The third-order valence-corrected chi connectivity index (χ3v) is 5.45. The summed E-state index contributed by atoms with van der Waals surface area (Å²) in [6.07, 6.45) is -0.0642. The molecule has 1 saturated heterocycles. The van der Waals surface area contributed by atoms with Gasteiger partial charge in [0.1, 0.15) is 17.3 Å². The molecule has 2 atom stereocenters. The number of aliphatic hydroxyl groups excluding tert-OH is 1. The molecule has 4 rings (SSSR count). The molecule has 1 N–H and O–H groups in total. The lowest BCUT2D eigenvalue weighted by Crippen LogP contribution is -2.29. The number of likely N-dealkylation sites (tertiary alicyclic amines) is 1. The molecule has 0 radical (unpaired) electrons. The lowest BCUT2D eigenvalue weighted by Gasteiger charge is -2.15. The van der Waals surface area contributed by atoms with E-state index in [4.69, 9.17) is 20.5 Å². The van der Waals surface area contributed by atoms with Gasteiger partial charge in [-0.2, -0.15) is 0 Å². The SMILES string of the molecule is Cc1cc(C[C@@H]2CN(C(=O)c3cc(-c4ccccc4Cl)oc3C)C[C@@H]2O)on1. The van der Waals surface area contributed by atoms with Gasteiger partial charge in [0.2, 0.25) is 0 Å². The van der Waals surface area contributed by atoms with Gasteiger partial charge in [0.25, 0.3) is 5.91 Å². The zero-order valence-electron chi connectivity index (χ0n) is 15.7. The maximum absolute atomic E-state index is 13.0. The fourth-order valence-corrected chi connectivity index (χ4v) is 3.88. The van der Waals surface area contributed by atoms with Crippen LogP contribution in [0.25, 0.3) is 11.3 Å². The number of aliphatic hydroxyl groups is 1. The number of carbonyl (C=O) groups is 1. The summed E-state index contributed by atoms with van der Waals surface area (Å²) in [6.45, 7) is 4.34. The number of β-amino-alcohol motifs (C(OH)–C–C–N with tert-alkyl or cyclic N) is 1. The molecular formula is C21H21ClN2O4. The highest BCUT2D eigenvalue weighted by molar-refractivity contribution is 6.33. The Kier molecular flexibility index (Phi) is 5.00. The van der Waals surface area contributed by atoms with Crippen LogP contribution in [0.15, 0.2) is 45.3 Å². The van der Waals surface area contributed by atoms with E-state index in [9.17, 15) is 9.90 Å². The summed E-state index contributed by atoms with van der Waals surface area (Å²) in [6, 6.07) is 10.9. The number of benzene rings is 1. The van der Waals surface area contributed by atoms with E-state index < -0.39 is 6.10 Å². The molecule has 1 aliphatic heterocycles. The number of carbonyl (C=O) groups excluding carboxylic acids is 1. The molecule has 0 aliphatic carbocycles. The van der Waals surface area contributed by atoms with Gasteiger partial charge in [0.05, 0.1) is 22.4 Å². The standard InChI is InChI=1S/C21H21ClN2O4/c1-12-7-15(28-23-12)8-14-10-24(11-19(14)25)21(26)17-9-20(27-13(17)2)16-5-3-4-6-18(16)22/h3-7,9,14,19,25H,8,10-11H2,1-2H3/t14-,19+/m1/s1. The first-order valence-electron chi connectivity index (χ1n) is 9.17. The van der Waals surface area contributed by atoms with E-state index in [1.165, 1.54) is 0 Å². The molecule has 1 aromatic carbocycles. The van der Waals surface area contributed by atoms with Crippen LogP contribution >= 0.6 is 11.6 Å². The van der Waals surface area contributed by atoms with Gasteiger partial charge in [-0.05, 0) is 32.0 Å². The predicted molar refractivity (Wildman–Crippen MR) is 104 cm³/mol. The molecule has 1 aliphatic rings. The largest absolute Gasteiger partial charge is 0.460 e. The second-order valence-corrected chi connectivity index (χ2v) is 7.64. The maximum Gasteiger partial charge on any atom is 0.257 e. The van der Waals surface area contributed by atoms with Crippen molar-refractivity contribution in [1.29, 1.82) is 0 Å². The fraction of sp³-hybridized carbons (Fsp3) is 0.333. The fourth-order valence-electron chi connectivity index (χ4n) is 3.65. The van der Waals surface area contributed by atoms with Crippen LogP contribution in [0, 0.1) is 19.8 Å². The van der Waals surface area contributed by atoms with Crippen LogP contribution in [-0.4, -0.2) is 40.3 Å². The van der Waals surface area contributed by atoms with Crippen molar-refractivity contribution in [3.05, 3.63) is 64.2 Å². The van der Waals surface area contributed by atoms with E-state index in [0.717, 1.165) is 17.0 Å². The van der Waals surface area contributed by atoms with Crippen molar-refractivity contribution in [2.45, 2.75) is 26.4 Å². The van der Waals surface area contributed by atoms with Gasteiger partial charge >= 0.3 is 0 Å². The van der Waals surface area contributed by atoms with E-state index in [2.05, 4.69) is 5.16 Å². The third kappa shape index (κ3) is 3.57. The average molecular weight is 401 g/mol. The number of halogens is 1. The summed E-state index contributed by atoms with van der Waals surface area (Å²) < 4.78 is 11.0. The monoisotopic (exact) mass is 400 g/mol. The number of amides is 1. The Balaban J connectivity index is 1.51. The number of rotatable bonds is 4. The van der Waals surface area contributed by atoms with Crippen molar-refractivity contribution in [3.8, 4) is 11.3 Å². The zero-order chi connectivity index (χ0) is 19.8. The van der Waals surface area contributed by atoms with E-state index in [-0.39, 0.29) is 18.4 Å². The molecule has 0 saturated carbocycles. The Labute approximate surface area is 167 Å². The van der Waals surface area contributed by atoms with Crippen LogP contribution in [0.1, 0.15) is 27.6 Å². The van der Waals surface area contributed by atoms with Gasteiger partial charge in [-0.15, -0.1) is 0 Å². The number of aromatic nitrogens is 1. The van der Waals surface area contributed by atoms with Gasteiger partial charge in [0.15, 0.2) is 0 Å². The van der Waals surface area contributed by atoms with Gasteiger partial charge in [0, 0.05) is 37.1 Å². The summed E-state index contributed by atoms with van der Waals surface area (Å²) in [4.78, 5) is 14.7. The van der Waals surface area contributed by atoms with Gasteiger partial charge in [-0.25, -0.2) is 0 Å². The van der Waals surface area contributed by atoms with E-state index in [1.807, 2.05) is 31.2 Å². The summed E-state index contributed by atoms with van der Waals surface area (Å²) in [5.41, 5.74) is 2.03. The second kappa shape index (κ2) is 7.45. The molecule has 0 unspecified atom stereocenters. The highest BCUT2D eigenvalue weighted by atomic mass is 35.5. The number of hydrogen-bond donors (Lipinski definition) is 1. The lowest BCUT2D eigenvalue weighted by molar-refractivity contribution is 0.0763. The molecule has 3 aromatic rings. The highest BCUT2D eigenvalue weighted by Crippen LogP contribution is 2.32. The third-order valence-electron chi connectivity index (χ3n) is 5.12. The minimum absolute atomic E-state index is 0.0912. The molecular weight excluding hydrogens is 380 g/mol. The number of furan rings is 1. The van der Waals surface area contributed by atoms with Crippen molar-refractivity contribution < 1.29 is 18.8 Å². The number of aryl methyl sites for hydroxylation is 2. The Morgan fingerprint density at radius 2 is 2.07 bits per heavy atom. The molecule has 1 fully saturated rings. The Bertz CT molecular complexity index is 1010. The second-order valence-electron chi connectivity index (χ2n) is 7.24. The van der Waals surface area contributed by atoms with Crippen LogP contribution < -0.4 is 0 Å². The van der Waals surface area contributed by atoms with Crippen LogP contribution in [0.2, 0.25) is 5.02 Å². The van der Waals surface area contributed by atoms with Gasteiger partial charge < -0.3 is 18.9 Å². The summed E-state index contributed by atoms with van der Waals surface area (Å²) in [7, 11) is 0. The smallest absolute Gasteiger partial charge is 0.257 e. The Morgan fingerprint density at radius 1 is 1.29 bits per heavy atom. The molecule has 0 spiro atoms. The minimum atomic E-state index is -0.607. The highest BCUT2D eigenvalue weighted by Gasteiger charge is 2.36. The molecule has 146 valence electrons. The van der Waals surface area contributed by atoms with Crippen molar-refractivity contribution in [1.82, 2.24) is 10.1 Å². The summed E-state index contributed by atoms with van der Waals surface area (Å²) in [5, 5.41) is 14.9. The van der Waals surface area contributed by atoms with Gasteiger partial charge in [-0.1, -0.05) is 28.9 Å². The first-order chi connectivity index (χ1) is 13.4. The van der Waals surface area contributed by atoms with Crippen molar-refractivity contribution >= 4 is 17.5 Å². The molecule has 3 heterocycles. The van der Waals surface area contributed by atoms with Crippen LogP contribution in [0.5, 0.6) is 0 Å². The van der Waals surface area contributed by atoms with Crippen molar-refractivity contribution in [2.75, 3.05) is 13.1 Å². The van der Waals surface area contributed by atoms with E-state index in [1.54, 1.807) is 24.0 Å². The normalized spacial score (nSPS) is 19.4. The molecule has 6 nitrogen and oxygen atoms in total.